The minimum Gasteiger partial charge on any atom is -0.618 e. The Bertz CT molecular complexity index is 595. The number of benzene rings is 1. The summed E-state index contributed by atoms with van der Waals surface area (Å²) in [5.74, 6) is -0.397. The van der Waals surface area contributed by atoms with Crippen molar-refractivity contribution in [3.63, 3.8) is 0 Å². The van der Waals surface area contributed by atoms with Gasteiger partial charge >= 0.3 is 5.82 Å². The van der Waals surface area contributed by atoms with E-state index < -0.39 is 10.7 Å². The van der Waals surface area contributed by atoms with Gasteiger partial charge in [0.05, 0.1) is 0 Å². The van der Waals surface area contributed by atoms with E-state index in [0.29, 0.717) is 15.8 Å². The Morgan fingerprint density at radius 3 is 2.69 bits per heavy atom. The summed E-state index contributed by atoms with van der Waals surface area (Å²) in [6.45, 7) is 3.23. The van der Waals surface area contributed by atoms with Crippen LogP contribution in [0.15, 0.2) is 18.2 Å². The van der Waals surface area contributed by atoms with Gasteiger partial charge in [-0.1, -0.05) is 6.07 Å². The van der Waals surface area contributed by atoms with Crippen LogP contribution in [0, 0.1) is 29.2 Å². The van der Waals surface area contributed by atoms with Crippen molar-refractivity contribution < 1.29 is 9.65 Å². The summed E-state index contributed by atoms with van der Waals surface area (Å²) < 4.78 is 0.549. The average Bonchev–Trinajstić information content (AvgIpc) is 2.23. The number of nitro groups is 1. The lowest BCUT2D eigenvalue weighted by Gasteiger charge is -2.03. The Labute approximate surface area is 90.9 Å². The van der Waals surface area contributed by atoms with Crippen molar-refractivity contribution in [3.05, 3.63) is 44.8 Å². The maximum absolute atomic E-state index is 11.8. The molecule has 0 atom stereocenters. The second-order valence-corrected chi connectivity index (χ2v) is 3.56. The van der Waals surface area contributed by atoms with Crippen LogP contribution >= 0.6 is 0 Å². The van der Waals surface area contributed by atoms with Gasteiger partial charge in [-0.05, 0) is 28.5 Å². The molecule has 0 bridgehead atoms. The van der Waals surface area contributed by atoms with Crippen LogP contribution in [0.1, 0.15) is 11.3 Å². The smallest absolute Gasteiger partial charge is 0.433 e. The zero-order valence-electron chi connectivity index (χ0n) is 8.80. The summed E-state index contributed by atoms with van der Waals surface area (Å²) in [7, 11) is 0. The van der Waals surface area contributed by atoms with Crippen molar-refractivity contribution in [2.75, 3.05) is 0 Å². The normalized spacial score (nSPS) is 10.6. The van der Waals surface area contributed by atoms with Crippen molar-refractivity contribution in [1.82, 2.24) is 4.98 Å². The summed E-state index contributed by atoms with van der Waals surface area (Å²) >= 11 is 0. The van der Waals surface area contributed by atoms with E-state index in [1.807, 2.05) is 6.92 Å². The monoisotopic (exact) mass is 219 g/mol. The van der Waals surface area contributed by atoms with Gasteiger partial charge in [0, 0.05) is 13.0 Å². The number of hydrogen-bond donors (Lipinski definition) is 0. The lowest BCUT2D eigenvalue weighted by molar-refractivity contribution is -0.590. The van der Waals surface area contributed by atoms with Gasteiger partial charge in [-0.15, -0.1) is 0 Å². The van der Waals surface area contributed by atoms with Crippen LogP contribution in [0.4, 0.5) is 5.82 Å². The van der Waals surface area contributed by atoms with E-state index in [-0.39, 0.29) is 5.69 Å². The van der Waals surface area contributed by atoms with Crippen LogP contribution in [0.5, 0.6) is 0 Å². The third kappa shape index (κ3) is 1.44. The van der Waals surface area contributed by atoms with Gasteiger partial charge < -0.3 is 15.3 Å². The quantitative estimate of drug-likeness (QED) is 0.314. The average molecular weight is 219 g/mol. The van der Waals surface area contributed by atoms with Crippen LogP contribution in [0.2, 0.25) is 0 Å². The predicted molar refractivity (Wildman–Crippen MR) is 56.8 cm³/mol. The predicted octanol–water partition coefficient (Wildman–Crippen LogP) is 1.39. The maximum atomic E-state index is 11.8. The Morgan fingerprint density at radius 2 is 2.06 bits per heavy atom. The molecule has 1 aromatic carbocycles. The molecular formula is C10H9N3O3. The van der Waals surface area contributed by atoms with E-state index in [4.69, 9.17) is 0 Å². The molecule has 0 aliphatic carbocycles. The summed E-state index contributed by atoms with van der Waals surface area (Å²) in [4.78, 5) is 13.9. The first-order valence-electron chi connectivity index (χ1n) is 4.65. The van der Waals surface area contributed by atoms with Crippen molar-refractivity contribution in [2.45, 2.75) is 13.8 Å². The number of aryl methyl sites for hydroxylation is 1. The van der Waals surface area contributed by atoms with Gasteiger partial charge in [0.15, 0.2) is 0 Å². The molecule has 0 saturated carbocycles. The SMILES string of the molecule is Cc1ccc2nc([N+](=O)[O-])c(C)[n+]([O-])c2c1. The molecule has 2 rings (SSSR count). The number of hydrogen-bond acceptors (Lipinski definition) is 4. The molecule has 6 heteroatoms. The van der Waals surface area contributed by atoms with Crippen LogP contribution in [0.3, 0.4) is 0 Å². The summed E-state index contributed by atoms with van der Waals surface area (Å²) in [6, 6.07) is 5.02. The van der Waals surface area contributed by atoms with E-state index in [1.54, 1.807) is 18.2 Å². The number of fused-ring (bicyclic) bond motifs is 1. The summed E-state index contributed by atoms with van der Waals surface area (Å²) in [5, 5.41) is 22.5. The fraction of sp³-hybridized carbons (Fsp3) is 0.200. The molecule has 1 aromatic heterocycles. The molecule has 0 saturated heterocycles. The van der Waals surface area contributed by atoms with Crippen LogP contribution in [0.25, 0.3) is 11.0 Å². The highest BCUT2D eigenvalue weighted by molar-refractivity contribution is 5.72. The van der Waals surface area contributed by atoms with Gasteiger partial charge in [-0.25, -0.2) is 0 Å². The summed E-state index contributed by atoms with van der Waals surface area (Å²) in [5.41, 5.74) is 1.59. The van der Waals surface area contributed by atoms with E-state index in [2.05, 4.69) is 4.98 Å². The third-order valence-corrected chi connectivity index (χ3v) is 2.38. The van der Waals surface area contributed by atoms with Crippen LogP contribution < -0.4 is 4.73 Å². The lowest BCUT2D eigenvalue weighted by atomic mass is 10.2. The zero-order valence-corrected chi connectivity index (χ0v) is 8.80. The van der Waals surface area contributed by atoms with Gasteiger partial charge in [0.1, 0.15) is 0 Å². The van der Waals surface area contributed by atoms with Gasteiger partial charge in [-0.2, -0.15) is 4.73 Å². The van der Waals surface area contributed by atoms with E-state index in [9.17, 15) is 15.3 Å². The molecule has 16 heavy (non-hydrogen) atoms. The highest BCUT2D eigenvalue weighted by Gasteiger charge is 2.24. The second kappa shape index (κ2) is 3.41. The van der Waals surface area contributed by atoms with E-state index in [0.717, 1.165) is 5.56 Å². The Hall–Kier alpha value is -2.24. The first-order valence-corrected chi connectivity index (χ1v) is 4.65. The molecule has 1 heterocycles. The molecule has 6 nitrogen and oxygen atoms in total. The maximum Gasteiger partial charge on any atom is 0.433 e. The zero-order chi connectivity index (χ0) is 11.9. The minimum absolute atomic E-state index is 0.00287. The second-order valence-electron chi connectivity index (χ2n) is 3.56. The standard InChI is InChI=1S/C10H9N3O3/c1-6-3-4-8-9(5-6)12(14)7(2)10(11-8)13(15)16/h3-5H,1-2H3. The molecule has 0 spiro atoms. The van der Waals surface area contributed by atoms with E-state index in [1.165, 1.54) is 6.92 Å². The number of aromatic nitrogens is 2. The van der Waals surface area contributed by atoms with Crippen molar-refractivity contribution in [2.24, 2.45) is 0 Å². The fourth-order valence-corrected chi connectivity index (χ4v) is 1.53. The van der Waals surface area contributed by atoms with Crippen molar-refractivity contribution in [3.8, 4) is 0 Å². The molecule has 0 amide bonds. The van der Waals surface area contributed by atoms with Crippen molar-refractivity contribution in [1.29, 1.82) is 0 Å². The molecule has 82 valence electrons. The minimum atomic E-state index is -0.650. The molecule has 0 N–H and O–H groups in total. The molecule has 0 aliphatic rings. The number of nitrogens with zero attached hydrogens (tertiary/aromatic N) is 3. The number of rotatable bonds is 1. The van der Waals surface area contributed by atoms with Crippen molar-refractivity contribution >= 4 is 16.9 Å². The van der Waals surface area contributed by atoms with Crippen LogP contribution in [-0.2, 0) is 0 Å². The largest absolute Gasteiger partial charge is 0.618 e. The van der Waals surface area contributed by atoms with Crippen LogP contribution in [-0.4, -0.2) is 9.91 Å². The molecule has 0 unspecified atom stereocenters. The third-order valence-electron chi connectivity index (χ3n) is 2.38. The first-order chi connectivity index (χ1) is 7.50. The highest BCUT2D eigenvalue weighted by Crippen LogP contribution is 2.17. The molecule has 0 radical (unpaired) electrons. The lowest BCUT2D eigenvalue weighted by Crippen LogP contribution is -2.32. The molecule has 2 aromatic rings. The topological polar surface area (TPSA) is 83.0 Å². The first kappa shape index (κ1) is 10.3. The van der Waals surface area contributed by atoms with Gasteiger partial charge in [0.2, 0.25) is 5.52 Å². The Kier molecular flexibility index (Phi) is 2.19. The summed E-state index contributed by atoms with van der Waals surface area (Å²) in [6.07, 6.45) is 0. The van der Waals surface area contributed by atoms with Gasteiger partial charge in [-0.3, -0.25) is 0 Å². The van der Waals surface area contributed by atoms with Gasteiger partial charge in [0.25, 0.3) is 11.2 Å². The van der Waals surface area contributed by atoms with E-state index >= 15 is 0 Å². The fourth-order valence-electron chi connectivity index (χ4n) is 1.53. The molecule has 0 aliphatic heterocycles. The Morgan fingerprint density at radius 1 is 1.38 bits per heavy atom. The molecule has 0 fully saturated rings. The Balaban J connectivity index is 2.88. The highest BCUT2D eigenvalue weighted by atomic mass is 16.6. The molecular weight excluding hydrogens is 210 g/mol.